The first-order chi connectivity index (χ1) is 18.7. The lowest BCUT2D eigenvalue weighted by Crippen LogP contribution is -2.52. The molecule has 0 bridgehead atoms. The number of nitrogens with zero attached hydrogens (tertiary/aromatic N) is 6. The molecule has 12 heteroatoms. The Hall–Kier alpha value is -5.97. The molecule has 0 aliphatic heterocycles. The van der Waals surface area contributed by atoms with Crippen molar-refractivity contribution in [2.24, 2.45) is 4.99 Å². The molecular weight excluding hydrogens is 504 g/mol. The summed E-state index contributed by atoms with van der Waals surface area (Å²) in [7, 11) is 0. The Morgan fingerprint density at radius 2 is 1.03 bits per heavy atom. The summed E-state index contributed by atoms with van der Waals surface area (Å²) in [5, 5.41) is 18.0. The van der Waals surface area contributed by atoms with Gasteiger partial charge in [0.25, 0.3) is 12.5 Å². The Bertz CT molecular complexity index is 1840. The number of rotatable bonds is 6. The molecule has 39 heavy (non-hydrogen) atoms. The van der Waals surface area contributed by atoms with Gasteiger partial charge in [0, 0.05) is 12.1 Å². The summed E-state index contributed by atoms with van der Waals surface area (Å²) < 4.78 is 12.1. The molecule has 4 rings (SSSR count). The standard InChI is InChI=1S/C27H18N6O6/c1-16-4-7-19(10-22(16)30-15-34)31-25(35)32(20-8-5-17(2)23(11-20)38-13-28)27(37)33(26(31)36)21-9-6-18(3)24(12-21)39-14-29/h4-12H,1-3H3. The molecule has 0 radical (unpaired) electrons. The zero-order chi connectivity index (χ0) is 28.3. The topological polar surface area (TPSA) is 161 Å². The highest BCUT2D eigenvalue weighted by Crippen LogP contribution is 2.23. The third-order valence-corrected chi connectivity index (χ3v) is 5.94. The van der Waals surface area contributed by atoms with Crippen LogP contribution in [-0.4, -0.2) is 19.8 Å². The van der Waals surface area contributed by atoms with Crippen molar-refractivity contribution in [3.63, 3.8) is 0 Å². The van der Waals surface area contributed by atoms with Crippen LogP contribution < -0.4 is 26.5 Å². The first-order valence-corrected chi connectivity index (χ1v) is 11.3. The molecule has 0 fully saturated rings. The maximum absolute atomic E-state index is 13.8. The molecule has 0 atom stereocenters. The van der Waals surface area contributed by atoms with E-state index < -0.39 is 17.1 Å². The van der Waals surface area contributed by atoms with Crippen molar-refractivity contribution in [2.45, 2.75) is 20.8 Å². The van der Waals surface area contributed by atoms with Crippen LogP contribution in [0.5, 0.6) is 11.5 Å². The molecule has 0 aliphatic rings. The van der Waals surface area contributed by atoms with Gasteiger partial charge in [-0.1, -0.05) is 18.2 Å². The second-order valence-electron chi connectivity index (χ2n) is 8.31. The van der Waals surface area contributed by atoms with Gasteiger partial charge in [-0.15, -0.1) is 10.5 Å². The summed E-state index contributed by atoms with van der Waals surface area (Å²) in [6.07, 6.45) is 4.54. The Kier molecular flexibility index (Phi) is 7.07. The zero-order valence-corrected chi connectivity index (χ0v) is 20.8. The van der Waals surface area contributed by atoms with Crippen molar-refractivity contribution in [3.8, 4) is 41.1 Å². The number of isocyanates is 1. The first kappa shape index (κ1) is 26.1. The highest BCUT2D eigenvalue weighted by Gasteiger charge is 2.21. The molecule has 0 aliphatic carbocycles. The average molecular weight is 522 g/mol. The van der Waals surface area contributed by atoms with Gasteiger partial charge < -0.3 is 9.47 Å². The summed E-state index contributed by atoms with van der Waals surface area (Å²) in [4.78, 5) is 55.8. The number of aliphatic imine (C=N–C) groups is 1. The molecule has 12 nitrogen and oxygen atoms in total. The van der Waals surface area contributed by atoms with Crippen LogP contribution in [0.25, 0.3) is 17.1 Å². The van der Waals surface area contributed by atoms with E-state index in [0.717, 1.165) is 13.7 Å². The van der Waals surface area contributed by atoms with Crippen molar-refractivity contribution in [1.82, 2.24) is 13.7 Å². The van der Waals surface area contributed by atoms with Gasteiger partial charge in [0.15, 0.2) is 0 Å². The minimum absolute atomic E-state index is 0.0159. The lowest BCUT2D eigenvalue weighted by Gasteiger charge is -2.16. The van der Waals surface area contributed by atoms with Gasteiger partial charge in [0.1, 0.15) is 11.5 Å². The minimum atomic E-state index is -1.03. The third kappa shape index (κ3) is 4.74. The molecule has 0 N–H and O–H groups in total. The SMILES string of the molecule is Cc1ccc(-n2c(=O)n(-c3ccc(C)c(OC#N)c3)c(=O)n(-c3ccc(C)c(OC#N)c3)c2=O)cc1N=C=O. The highest BCUT2D eigenvalue weighted by molar-refractivity contribution is 5.58. The maximum atomic E-state index is 13.8. The Morgan fingerprint density at radius 3 is 1.41 bits per heavy atom. The quantitative estimate of drug-likeness (QED) is 0.212. The molecular formula is C27H18N6O6. The highest BCUT2D eigenvalue weighted by atomic mass is 16.5. The number of benzene rings is 3. The monoisotopic (exact) mass is 522 g/mol. The van der Waals surface area contributed by atoms with Crippen LogP contribution >= 0.6 is 0 Å². The van der Waals surface area contributed by atoms with Crippen LogP contribution in [0, 0.1) is 43.8 Å². The van der Waals surface area contributed by atoms with E-state index in [0.29, 0.717) is 16.7 Å². The lowest BCUT2D eigenvalue weighted by atomic mass is 10.2. The van der Waals surface area contributed by atoms with E-state index in [9.17, 15) is 19.2 Å². The summed E-state index contributed by atoms with van der Waals surface area (Å²) in [6, 6.07) is 13.0. The van der Waals surface area contributed by atoms with E-state index in [2.05, 4.69) is 4.99 Å². The van der Waals surface area contributed by atoms with Gasteiger partial charge in [-0.25, -0.2) is 32.9 Å². The van der Waals surface area contributed by atoms with Gasteiger partial charge in [0.2, 0.25) is 6.08 Å². The fraction of sp³-hybridized carbons (Fsp3) is 0.111. The maximum Gasteiger partial charge on any atom is 0.345 e. The number of hydrogen-bond acceptors (Lipinski definition) is 9. The predicted molar refractivity (Wildman–Crippen MR) is 138 cm³/mol. The van der Waals surface area contributed by atoms with E-state index in [1.54, 1.807) is 51.5 Å². The Morgan fingerprint density at radius 1 is 0.641 bits per heavy atom. The molecule has 0 amide bonds. The average Bonchev–Trinajstić information content (AvgIpc) is 2.90. The van der Waals surface area contributed by atoms with Gasteiger partial charge >= 0.3 is 17.1 Å². The van der Waals surface area contributed by atoms with Crippen LogP contribution in [0.3, 0.4) is 0 Å². The molecule has 0 saturated heterocycles. The number of aromatic nitrogens is 3. The van der Waals surface area contributed by atoms with Crippen LogP contribution in [-0.2, 0) is 4.79 Å². The summed E-state index contributed by atoms with van der Waals surface area (Å²) in [6.45, 7) is 5.01. The summed E-state index contributed by atoms with van der Waals surface area (Å²) in [5.41, 5.74) is -1.16. The number of nitriles is 2. The second-order valence-corrected chi connectivity index (χ2v) is 8.31. The molecule has 0 unspecified atom stereocenters. The van der Waals surface area contributed by atoms with Crippen LogP contribution in [0.4, 0.5) is 5.69 Å². The molecule has 0 saturated carbocycles. The minimum Gasteiger partial charge on any atom is -0.388 e. The van der Waals surface area contributed by atoms with Crippen molar-refractivity contribution in [2.75, 3.05) is 0 Å². The van der Waals surface area contributed by atoms with E-state index in [-0.39, 0.29) is 34.2 Å². The fourth-order valence-electron chi connectivity index (χ4n) is 3.89. The molecule has 0 spiro atoms. The van der Waals surface area contributed by atoms with Crippen LogP contribution in [0.15, 0.2) is 74.0 Å². The van der Waals surface area contributed by atoms with Gasteiger partial charge in [0.05, 0.1) is 22.7 Å². The van der Waals surface area contributed by atoms with E-state index >= 15 is 0 Å². The van der Waals surface area contributed by atoms with Crippen molar-refractivity contribution >= 4 is 11.8 Å². The second kappa shape index (κ2) is 10.6. The molecule has 1 heterocycles. The molecule has 4 aromatic rings. The predicted octanol–water partition coefficient (Wildman–Crippen LogP) is 2.75. The van der Waals surface area contributed by atoms with Crippen molar-refractivity contribution in [1.29, 1.82) is 10.5 Å². The number of carbonyl (C=O) groups excluding carboxylic acids is 1. The van der Waals surface area contributed by atoms with E-state index in [1.165, 1.54) is 42.5 Å². The number of ether oxygens (including phenoxy) is 2. The number of hydrogen-bond donors (Lipinski definition) is 0. The van der Waals surface area contributed by atoms with Gasteiger partial charge in [-0.3, -0.25) is 0 Å². The molecule has 1 aromatic heterocycles. The van der Waals surface area contributed by atoms with Crippen LogP contribution in [0.1, 0.15) is 16.7 Å². The van der Waals surface area contributed by atoms with Gasteiger partial charge in [-0.2, -0.15) is 4.99 Å². The van der Waals surface area contributed by atoms with Gasteiger partial charge in [-0.05, 0) is 61.7 Å². The first-order valence-electron chi connectivity index (χ1n) is 11.3. The smallest absolute Gasteiger partial charge is 0.345 e. The molecule has 3 aromatic carbocycles. The molecule has 192 valence electrons. The van der Waals surface area contributed by atoms with Crippen molar-refractivity contribution in [3.05, 3.63) is 103 Å². The summed E-state index contributed by atoms with van der Waals surface area (Å²) >= 11 is 0. The zero-order valence-electron chi connectivity index (χ0n) is 20.8. The fourth-order valence-corrected chi connectivity index (χ4v) is 3.89. The Labute approximate surface area is 220 Å². The van der Waals surface area contributed by atoms with E-state index in [1.807, 2.05) is 0 Å². The van der Waals surface area contributed by atoms with Crippen molar-refractivity contribution < 1.29 is 14.3 Å². The third-order valence-electron chi connectivity index (χ3n) is 5.94. The normalized spacial score (nSPS) is 10.2. The largest absolute Gasteiger partial charge is 0.388 e. The van der Waals surface area contributed by atoms with E-state index in [4.69, 9.17) is 20.0 Å². The summed E-state index contributed by atoms with van der Waals surface area (Å²) in [5.74, 6) is 0.201. The Balaban J connectivity index is 2.16. The van der Waals surface area contributed by atoms with Crippen LogP contribution in [0.2, 0.25) is 0 Å². The number of aryl methyl sites for hydroxylation is 3. The lowest BCUT2D eigenvalue weighted by molar-refractivity contribution is 0.502.